The summed E-state index contributed by atoms with van der Waals surface area (Å²) in [6.45, 7) is 2.01. The number of hydrogen-bond acceptors (Lipinski definition) is 8. The number of carboxylic acid groups (broad SMARTS) is 1. The molecule has 14 heteroatoms. The number of ether oxygens (including phenoxy) is 1. The van der Waals surface area contributed by atoms with Crippen LogP contribution in [0.2, 0.25) is 5.02 Å². The van der Waals surface area contributed by atoms with E-state index in [1.807, 2.05) is 0 Å². The Morgan fingerprint density at radius 2 is 1.76 bits per heavy atom. The van der Waals surface area contributed by atoms with Crippen LogP contribution in [-0.4, -0.2) is 97.0 Å². The topological polar surface area (TPSA) is 146 Å². The number of anilines is 1. The van der Waals surface area contributed by atoms with Gasteiger partial charge in [0.05, 0.1) is 58.9 Å². The Bertz CT molecular complexity index is 1860. The van der Waals surface area contributed by atoms with E-state index in [1.165, 1.54) is 12.3 Å². The Balaban J connectivity index is 1.03. The standard InChI is InChI=1S/C35H39ClFN3O8S/c36-29-9-21(30(37)12-31(29)38-34(42)28-17-48-32-4-2-1-3-27(28)32)10-33(41)40-15-24(39-13-22-18-49(45,46)19-23(22)14-39)11-25(40)16-47-26-7-5-20(6-8-26)35(43)44/h1-4,9,12,17,20,22-26H,5-8,10-11,13-16,18-19H2,(H,38,42)(H,43,44)/t20-,22-,23+,24-,25-,26-/m0/s1. The lowest BCUT2D eigenvalue weighted by Crippen LogP contribution is -2.41. The Morgan fingerprint density at radius 3 is 2.47 bits per heavy atom. The van der Waals surface area contributed by atoms with Crippen LogP contribution in [-0.2, 0) is 30.6 Å². The Hall–Kier alpha value is -3.52. The summed E-state index contributed by atoms with van der Waals surface area (Å²) in [6, 6.07) is 9.26. The lowest BCUT2D eigenvalue weighted by atomic mass is 9.87. The molecule has 4 atom stereocenters. The Morgan fingerprint density at radius 1 is 1.04 bits per heavy atom. The molecule has 49 heavy (non-hydrogen) atoms. The number of rotatable bonds is 9. The maximum Gasteiger partial charge on any atom is 0.306 e. The highest BCUT2D eigenvalue weighted by Gasteiger charge is 2.48. The Kier molecular flexibility index (Phi) is 9.46. The van der Waals surface area contributed by atoms with Gasteiger partial charge in [-0.2, -0.15) is 0 Å². The third kappa shape index (κ3) is 7.21. The fourth-order valence-corrected chi connectivity index (χ4v) is 10.6. The largest absolute Gasteiger partial charge is 0.481 e. The van der Waals surface area contributed by atoms with Crippen LogP contribution in [0.1, 0.15) is 48.0 Å². The lowest BCUT2D eigenvalue weighted by Gasteiger charge is -2.30. The number of nitrogens with one attached hydrogen (secondary N) is 1. The minimum absolute atomic E-state index is 0.0126. The summed E-state index contributed by atoms with van der Waals surface area (Å²) in [5.74, 6) is -2.05. The van der Waals surface area contributed by atoms with E-state index < -0.39 is 27.5 Å². The molecule has 4 aliphatic rings. The van der Waals surface area contributed by atoms with Crippen molar-refractivity contribution in [1.82, 2.24) is 9.80 Å². The molecule has 1 saturated carbocycles. The molecule has 2 amide bonds. The number of carbonyl (C=O) groups is 3. The van der Waals surface area contributed by atoms with Crippen molar-refractivity contribution in [3.8, 4) is 0 Å². The van der Waals surface area contributed by atoms with E-state index in [4.69, 9.17) is 20.8 Å². The number of carbonyl (C=O) groups excluding carboxylic acids is 2. The predicted octanol–water partition coefficient (Wildman–Crippen LogP) is 4.63. The number of para-hydroxylation sites is 1. The summed E-state index contributed by atoms with van der Waals surface area (Å²) in [4.78, 5) is 42.3. The third-order valence-electron chi connectivity index (χ3n) is 10.8. The van der Waals surface area contributed by atoms with Gasteiger partial charge in [0.15, 0.2) is 9.84 Å². The fraction of sp³-hybridized carbons (Fsp3) is 0.514. The Labute approximate surface area is 288 Å². The van der Waals surface area contributed by atoms with E-state index in [1.54, 1.807) is 29.2 Å². The molecule has 0 radical (unpaired) electrons. The van der Waals surface area contributed by atoms with Crippen LogP contribution in [0.4, 0.5) is 10.1 Å². The first-order chi connectivity index (χ1) is 23.4. The molecule has 7 rings (SSSR count). The molecule has 3 saturated heterocycles. The zero-order valence-electron chi connectivity index (χ0n) is 26.9. The molecule has 2 N–H and O–H groups in total. The third-order valence-corrected chi connectivity index (χ3v) is 13.0. The van der Waals surface area contributed by atoms with Crippen LogP contribution < -0.4 is 5.32 Å². The van der Waals surface area contributed by atoms with Crippen LogP contribution in [0.15, 0.2) is 47.1 Å². The van der Waals surface area contributed by atoms with Crippen molar-refractivity contribution in [3.05, 3.63) is 64.6 Å². The van der Waals surface area contributed by atoms with Gasteiger partial charge in [-0.05, 0) is 67.7 Å². The fourth-order valence-electron chi connectivity index (χ4n) is 8.14. The van der Waals surface area contributed by atoms with Gasteiger partial charge < -0.3 is 24.5 Å². The number of amides is 2. The zero-order chi connectivity index (χ0) is 34.4. The van der Waals surface area contributed by atoms with Gasteiger partial charge in [-0.3, -0.25) is 19.3 Å². The predicted molar refractivity (Wildman–Crippen MR) is 180 cm³/mol. The second-order valence-corrected chi connectivity index (χ2v) is 16.5. The number of furan rings is 1. The molecule has 262 valence electrons. The number of aliphatic carboxylic acids is 1. The molecule has 4 fully saturated rings. The monoisotopic (exact) mass is 715 g/mol. The molecule has 0 unspecified atom stereocenters. The smallest absolute Gasteiger partial charge is 0.306 e. The number of fused-ring (bicyclic) bond motifs is 2. The van der Waals surface area contributed by atoms with Crippen molar-refractivity contribution in [2.75, 3.05) is 43.1 Å². The molecule has 4 heterocycles. The van der Waals surface area contributed by atoms with Crippen molar-refractivity contribution in [1.29, 1.82) is 0 Å². The molecule has 3 aliphatic heterocycles. The van der Waals surface area contributed by atoms with Crippen molar-refractivity contribution in [2.24, 2.45) is 17.8 Å². The molecule has 0 bridgehead atoms. The normalized spacial score (nSPS) is 28.2. The summed E-state index contributed by atoms with van der Waals surface area (Å²) in [5.41, 5.74) is 0.981. The van der Waals surface area contributed by atoms with Crippen molar-refractivity contribution < 1.29 is 41.5 Å². The van der Waals surface area contributed by atoms with Gasteiger partial charge in [-0.1, -0.05) is 29.8 Å². The van der Waals surface area contributed by atoms with E-state index in [0.717, 1.165) is 6.07 Å². The lowest BCUT2D eigenvalue weighted by molar-refractivity contribution is -0.144. The van der Waals surface area contributed by atoms with Gasteiger partial charge in [-0.25, -0.2) is 12.8 Å². The second-order valence-electron chi connectivity index (χ2n) is 14.0. The first-order valence-electron chi connectivity index (χ1n) is 16.8. The first kappa shape index (κ1) is 34.0. The van der Waals surface area contributed by atoms with E-state index in [-0.39, 0.29) is 88.2 Å². The molecule has 11 nitrogen and oxygen atoms in total. The molecular formula is C35H39ClFN3O8S. The SMILES string of the molecule is O=C(Nc1cc(F)c(CC(=O)N2C[C@@H](N3C[C@@H]4CS(=O)(=O)C[C@@H]4C3)C[C@H]2CO[C@H]2CC[C@H](C(=O)O)CC2)cc1Cl)c1coc2ccccc12. The van der Waals surface area contributed by atoms with Crippen LogP contribution in [0.25, 0.3) is 11.0 Å². The van der Waals surface area contributed by atoms with Gasteiger partial charge in [-0.15, -0.1) is 0 Å². The first-order valence-corrected chi connectivity index (χ1v) is 19.0. The quantitative estimate of drug-likeness (QED) is 0.324. The molecule has 1 aromatic heterocycles. The van der Waals surface area contributed by atoms with Crippen LogP contribution in [0, 0.1) is 23.6 Å². The maximum atomic E-state index is 15.5. The minimum Gasteiger partial charge on any atom is -0.481 e. The van der Waals surface area contributed by atoms with Gasteiger partial charge in [0.2, 0.25) is 5.91 Å². The summed E-state index contributed by atoms with van der Waals surface area (Å²) < 4.78 is 51.6. The summed E-state index contributed by atoms with van der Waals surface area (Å²) in [6.07, 6.45) is 3.99. The van der Waals surface area contributed by atoms with E-state index in [0.29, 0.717) is 62.7 Å². The zero-order valence-corrected chi connectivity index (χ0v) is 28.4. The second kappa shape index (κ2) is 13.7. The summed E-state index contributed by atoms with van der Waals surface area (Å²) in [7, 11) is -3.01. The highest BCUT2D eigenvalue weighted by molar-refractivity contribution is 7.91. The number of benzene rings is 2. The average molecular weight is 716 g/mol. The number of sulfone groups is 1. The number of hydrogen-bond donors (Lipinski definition) is 2. The van der Waals surface area contributed by atoms with Crippen LogP contribution in [0.5, 0.6) is 0 Å². The number of likely N-dealkylation sites (tertiary alicyclic amines) is 2. The van der Waals surface area contributed by atoms with Crippen molar-refractivity contribution in [2.45, 2.75) is 56.7 Å². The summed E-state index contributed by atoms with van der Waals surface area (Å²) >= 11 is 6.50. The van der Waals surface area contributed by atoms with Crippen LogP contribution >= 0.6 is 11.6 Å². The molecule has 0 spiro atoms. The molecule has 2 aromatic carbocycles. The van der Waals surface area contributed by atoms with Gasteiger partial charge in [0.25, 0.3) is 5.91 Å². The van der Waals surface area contributed by atoms with E-state index in [2.05, 4.69) is 10.2 Å². The van der Waals surface area contributed by atoms with Crippen molar-refractivity contribution >= 4 is 55.9 Å². The maximum absolute atomic E-state index is 15.5. The molecule has 3 aromatic rings. The van der Waals surface area contributed by atoms with Gasteiger partial charge in [0.1, 0.15) is 17.7 Å². The van der Waals surface area contributed by atoms with E-state index >= 15 is 4.39 Å². The highest BCUT2D eigenvalue weighted by Crippen LogP contribution is 2.37. The number of halogens is 2. The van der Waals surface area contributed by atoms with E-state index in [9.17, 15) is 27.9 Å². The average Bonchev–Trinajstić information content (AvgIpc) is 3.83. The van der Waals surface area contributed by atoms with Crippen molar-refractivity contribution in [3.63, 3.8) is 0 Å². The summed E-state index contributed by atoms with van der Waals surface area (Å²) in [5, 5.41) is 12.7. The minimum atomic E-state index is -3.01. The number of carboxylic acids is 1. The van der Waals surface area contributed by atoms with Gasteiger partial charge in [0, 0.05) is 31.1 Å². The van der Waals surface area contributed by atoms with Gasteiger partial charge >= 0.3 is 5.97 Å². The molecular weight excluding hydrogens is 677 g/mol. The van der Waals surface area contributed by atoms with Crippen LogP contribution in [0.3, 0.4) is 0 Å². The highest BCUT2D eigenvalue weighted by atomic mass is 35.5. The number of nitrogens with zero attached hydrogens (tertiary/aromatic N) is 2. The molecule has 1 aliphatic carbocycles.